The van der Waals surface area contributed by atoms with Crippen LogP contribution < -0.4 is 4.74 Å². The number of fused-ring (bicyclic) bond motifs is 3. The molecule has 304 valence electrons. The lowest BCUT2D eigenvalue weighted by Crippen LogP contribution is -2.31. The van der Waals surface area contributed by atoms with Gasteiger partial charge in [-0.05, 0) is 123 Å². The Morgan fingerprint density at radius 2 is 0.983 bits per heavy atom. The van der Waals surface area contributed by atoms with E-state index in [2.05, 4.69) is 149 Å². The molecule has 1 aliphatic rings. The number of ether oxygens (including phenoxy) is 1. The standard InChI is InChI=1S/C58H61NO/c1-5-9-18-42(7-3)39-58(40-43(8-4)19-10-6-2)55-27-15-14-26-53(55)54-34-30-49(38-56(54)58)57-35-31-50(41-59-57)48-23-17-22-47(37-48)46-21-16-20-45(36-46)44-28-32-52(33-29-44)60-51-24-12-11-13-25-51/h11-17,20-38,41-43H,5-10,18-19,39-40H2,1-4H3. The largest absolute Gasteiger partial charge is 0.457 e. The minimum atomic E-state index is 0.0166. The van der Waals surface area contributed by atoms with Gasteiger partial charge >= 0.3 is 0 Å². The number of pyridine rings is 1. The summed E-state index contributed by atoms with van der Waals surface area (Å²) >= 11 is 0. The summed E-state index contributed by atoms with van der Waals surface area (Å²) in [5, 5.41) is 0. The van der Waals surface area contributed by atoms with Crippen LogP contribution in [-0.2, 0) is 5.41 Å². The van der Waals surface area contributed by atoms with E-state index in [0.29, 0.717) is 11.8 Å². The van der Waals surface area contributed by atoms with Gasteiger partial charge in [0.2, 0.25) is 0 Å². The van der Waals surface area contributed by atoms with E-state index in [4.69, 9.17) is 9.72 Å². The second-order valence-corrected chi connectivity index (χ2v) is 17.2. The van der Waals surface area contributed by atoms with Gasteiger partial charge in [0.25, 0.3) is 0 Å². The van der Waals surface area contributed by atoms with Crippen LogP contribution in [0.3, 0.4) is 0 Å². The third-order valence-corrected chi connectivity index (χ3v) is 13.2. The van der Waals surface area contributed by atoms with E-state index in [9.17, 15) is 0 Å². The molecule has 0 bridgehead atoms. The molecule has 2 heteroatoms. The maximum Gasteiger partial charge on any atom is 0.127 e. The highest BCUT2D eigenvalue weighted by atomic mass is 16.5. The van der Waals surface area contributed by atoms with Crippen molar-refractivity contribution in [2.75, 3.05) is 0 Å². The molecule has 2 atom stereocenters. The van der Waals surface area contributed by atoms with Crippen LogP contribution >= 0.6 is 0 Å². The predicted molar refractivity (Wildman–Crippen MR) is 255 cm³/mol. The molecule has 1 heterocycles. The van der Waals surface area contributed by atoms with Crippen molar-refractivity contribution in [1.82, 2.24) is 4.98 Å². The first-order chi connectivity index (χ1) is 29.5. The number of para-hydroxylation sites is 1. The molecule has 8 rings (SSSR count). The van der Waals surface area contributed by atoms with Crippen molar-refractivity contribution in [3.8, 4) is 67.3 Å². The van der Waals surface area contributed by atoms with Gasteiger partial charge in [0.1, 0.15) is 11.5 Å². The predicted octanol–water partition coefficient (Wildman–Crippen LogP) is 17.0. The Morgan fingerprint density at radius 1 is 0.450 bits per heavy atom. The van der Waals surface area contributed by atoms with Crippen LogP contribution in [0.25, 0.3) is 55.8 Å². The molecule has 0 aliphatic heterocycles. The summed E-state index contributed by atoms with van der Waals surface area (Å²) in [5.41, 5.74) is 15.2. The van der Waals surface area contributed by atoms with Gasteiger partial charge in [-0.2, -0.15) is 0 Å². The Hall–Kier alpha value is -5.73. The van der Waals surface area contributed by atoms with Crippen molar-refractivity contribution < 1.29 is 4.74 Å². The zero-order valence-corrected chi connectivity index (χ0v) is 36.2. The Kier molecular flexibility index (Phi) is 13.1. The number of benzene rings is 6. The third-order valence-electron chi connectivity index (χ3n) is 13.2. The van der Waals surface area contributed by atoms with Gasteiger partial charge in [-0.15, -0.1) is 0 Å². The van der Waals surface area contributed by atoms with E-state index in [1.165, 1.54) is 103 Å². The molecule has 7 aromatic rings. The van der Waals surface area contributed by atoms with Crippen molar-refractivity contribution in [3.05, 3.63) is 175 Å². The highest BCUT2D eigenvalue weighted by molar-refractivity contribution is 5.84. The van der Waals surface area contributed by atoms with Crippen LogP contribution in [0, 0.1) is 11.8 Å². The fourth-order valence-electron chi connectivity index (χ4n) is 9.84. The van der Waals surface area contributed by atoms with Crippen LogP contribution in [-0.4, -0.2) is 4.98 Å². The van der Waals surface area contributed by atoms with Gasteiger partial charge in [-0.1, -0.05) is 188 Å². The molecular weight excluding hydrogens is 727 g/mol. The molecule has 0 spiro atoms. The quantitative estimate of drug-likeness (QED) is 0.0864. The highest BCUT2D eigenvalue weighted by Crippen LogP contribution is 2.57. The van der Waals surface area contributed by atoms with Crippen molar-refractivity contribution >= 4 is 0 Å². The Balaban J connectivity index is 1.07. The first-order valence-electron chi connectivity index (χ1n) is 22.8. The SMILES string of the molecule is CCCCC(CC)CC1(CC(CC)CCCC)c2ccccc2-c2ccc(-c3ccc(-c4cccc(-c5cccc(-c6ccc(Oc7ccccc7)cc6)c5)c4)cn3)cc21. The molecule has 6 aromatic carbocycles. The van der Waals surface area contributed by atoms with Gasteiger partial charge in [-0.25, -0.2) is 0 Å². The van der Waals surface area contributed by atoms with Gasteiger partial charge < -0.3 is 4.74 Å². The van der Waals surface area contributed by atoms with Crippen molar-refractivity contribution in [3.63, 3.8) is 0 Å². The zero-order valence-electron chi connectivity index (χ0n) is 36.2. The topological polar surface area (TPSA) is 22.1 Å². The molecule has 1 aromatic heterocycles. The molecule has 0 amide bonds. The lowest BCUT2D eigenvalue weighted by Gasteiger charge is -2.38. The molecule has 2 unspecified atom stereocenters. The Labute approximate surface area is 359 Å². The minimum Gasteiger partial charge on any atom is -0.457 e. The molecule has 60 heavy (non-hydrogen) atoms. The fraction of sp³-hybridized carbons (Fsp3) is 0.293. The summed E-state index contributed by atoms with van der Waals surface area (Å²) in [7, 11) is 0. The maximum atomic E-state index is 6.04. The van der Waals surface area contributed by atoms with Gasteiger partial charge in [0.15, 0.2) is 0 Å². The summed E-state index contributed by atoms with van der Waals surface area (Å²) in [6, 6.07) is 57.0. The second kappa shape index (κ2) is 19.1. The van der Waals surface area contributed by atoms with Gasteiger partial charge in [-0.3, -0.25) is 4.98 Å². The van der Waals surface area contributed by atoms with Crippen LogP contribution in [0.5, 0.6) is 11.5 Å². The fourth-order valence-corrected chi connectivity index (χ4v) is 9.84. The summed E-state index contributed by atoms with van der Waals surface area (Å²) in [6.07, 6.45) is 14.7. The van der Waals surface area contributed by atoms with Crippen molar-refractivity contribution in [2.24, 2.45) is 11.8 Å². The van der Waals surface area contributed by atoms with E-state index >= 15 is 0 Å². The molecule has 2 nitrogen and oxygen atoms in total. The molecule has 0 fully saturated rings. The first-order valence-corrected chi connectivity index (χ1v) is 22.8. The van der Waals surface area contributed by atoms with Crippen LogP contribution in [0.4, 0.5) is 0 Å². The molecular formula is C58H61NO. The van der Waals surface area contributed by atoms with E-state index in [1.54, 1.807) is 5.56 Å². The van der Waals surface area contributed by atoms with Crippen LogP contribution in [0.1, 0.15) is 103 Å². The highest BCUT2D eigenvalue weighted by Gasteiger charge is 2.45. The van der Waals surface area contributed by atoms with E-state index < -0.39 is 0 Å². The number of aromatic nitrogens is 1. The molecule has 0 N–H and O–H groups in total. The van der Waals surface area contributed by atoms with E-state index in [0.717, 1.165) is 33.9 Å². The minimum absolute atomic E-state index is 0.0166. The normalized spacial score (nSPS) is 15.3. The van der Waals surface area contributed by atoms with Gasteiger partial charge in [0, 0.05) is 22.7 Å². The molecule has 0 saturated carbocycles. The monoisotopic (exact) mass is 787 g/mol. The van der Waals surface area contributed by atoms with Gasteiger partial charge in [0.05, 0.1) is 5.69 Å². The van der Waals surface area contributed by atoms with E-state index in [1.807, 2.05) is 42.5 Å². The lowest BCUT2D eigenvalue weighted by molar-refractivity contribution is 0.266. The number of hydrogen-bond donors (Lipinski definition) is 0. The zero-order chi connectivity index (χ0) is 41.3. The lowest BCUT2D eigenvalue weighted by atomic mass is 9.65. The second-order valence-electron chi connectivity index (χ2n) is 17.2. The first kappa shape index (κ1) is 41.0. The summed E-state index contributed by atoms with van der Waals surface area (Å²) < 4.78 is 6.04. The average Bonchev–Trinajstić information content (AvgIpc) is 3.57. The number of hydrogen-bond acceptors (Lipinski definition) is 2. The third kappa shape index (κ3) is 8.90. The smallest absolute Gasteiger partial charge is 0.127 e. The molecule has 0 radical (unpaired) electrons. The summed E-state index contributed by atoms with van der Waals surface area (Å²) in [6.45, 7) is 9.51. The molecule has 1 aliphatic carbocycles. The number of nitrogens with zero attached hydrogens (tertiary/aromatic N) is 1. The van der Waals surface area contributed by atoms with Crippen LogP contribution in [0.15, 0.2) is 164 Å². The Bertz CT molecular complexity index is 2450. The number of rotatable bonds is 18. The average molecular weight is 788 g/mol. The van der Waals surface area contributed by atoms with Crippen molar-refractivity contribution in [1.29, 1.82) is 0 Å². The maximum absolute atomic E-state index is 6.04. The van der Waals surface area contributed by atoms with Crippen LogP contribution in [0.2, 0.25) is 0 Å². The molecule has 0 saturated heterocycles. The Morgan fingerprint density at radius 3 is 1.58 bits per heavy atom. The van der Waals surface area contributed by atoms with E-state index in [-0.39, 0.29) is 5.41 Å². The summed E-state index contributed by atoms with van der Waals surface area (Å²) in [4.78, 5) is 5.16. The summed E-state index contributed by atoms with van der Waals surface area (Å²) in [5.74, 6) is 3.08. The van der Waals surface area contributed by atoms with Crippen molar-refractivity contribution in [2.45, 2.75) is 97.3 Å². The number of unbranched alkanes of at least 4 members (excludes halogenated alkanes) is 2.